The molecule has 1 aliphatic rings. The van der Waals surface area contributed by atoms with Crippen molar-refractivity contribution in [2.45, 2.75) is 19.4 Å². The van der Waals surface area contributed by atoms with Gasteiger partial charge in [0.05, 0.1) is 0 Å². The molecule has 6 heteroatoms. The van der Waals surface area contributed by atoms with E-state index in [4.69, 9.17) is 10.9 Å². The molecule has 1 fully saturated rings. The Kier molecular flexibility index (Phi) is 5.52. The van der Waals surface area contributed by atoms with Crippen LogP contribution in [-0.2, 0) is 6.54 Å². The number of nitrogens with two attached hydrogens (primary N) is 1. The third kappa shape index (κ3) is 4.41. The molecule has 0 saturated carbocycles. The number of likely N-dealkylation sites (tertiary alicyclic amines) is 1. The summed E-state index contributed by atoms with van der Waals surface area (Å²) < 4.78 is 0. The van der Waals surface area contributed by atoms with Gasteiger partial charge in [0.2, 0.25) is 0 Å². The molecule has 1 aromatic heterocycles. The first-order chi connectivity index (χ1) is 10.1. The average molecular weight is 291 g/mol. The Hall–Kier alpha value is -1.66. The molecule has 0 radical (unpaired) electrons. The zero-order chi connectivity index (χ0) is 15.2. The van der Waals surface area contributed by atoms with Crippen molar-refractivity contribution in [3.63, 3.8) is 0 Å². The van der Waals surface area contributed by atoms with Crippen LogP contribution >= 0.6 is 0 Å². The van der Waals surface area contributed by atoms with Gasteiger partial charge in [-0.05, 0) is 57.6 Å². The molecule has 0 spiro atoms. The highest BCUT2D eigenvalue weighted by atomic mass is 16.4. The van der Waals surface area contributed by atoms with Gasteiger partial charge in [-0.3, -0.25) is 4.98 Å². The Morgan fingerprint density at radius 3 is 2.90 bits per heavy atom. The Morgan fingerprint density at radius 2 is 2.24 bits per heavy atom. The fourth-order valence-corrected chi connectivity index (χ4v) is 2.88. The molecule has 0 bridgehead atoms. The van der Waals surface area contributed by atoms with Gasteiger partial charge in [0.15, 0.2) is 5.84 Å². The normalized spacial score (nSPS) is 18.3. The van der Waals surface area contributed by atoms with Crippen LogP contribution in [0.2, 0.25) is 0 Å². The van der Waals surface area contributed by atoms with Crippen LogP contribution in [0.4, 0.5) is 0 Å². The summed E-state index contributed by atoms with van der Waals surface area (Å²) in [5, 5.41) is 11.9. The highest BCUT2D eigenvalue weighted by molar-refractivity contribution is 5.96. The summed E-state index contributed by atoms with van der Waals surface area (Å²) in [4.78, 5) is 8.89. The van der Waals surface area contributed by atoms with E-state index in [0.717, 1.165) is 24.6 Å². The molecular formula is C15H25N5O. The van der Waals surface area contributed by atoms with E-state index < -0.39 is 0 Å². The fourth-order valence-electron chi connectivity index (χ4n) is 2.88. The molecule has 0 aliphatic carbocycles. The summed E-state index contributed by atoms with van der Waals surface area (Å²) >= 11 is 0. The van der Waals surface area contributed by atoms with Crippen LogP contribution in [0.25, 0.3) is 0 Å². The van der Waals surface area contributed by atoms with Gasteiger partial charge in [-0.15, -0.1) is 0 Å². The maximum Gasteiger partial charge on any atom is 0.189 e. The second kappa shape index (κ2) is 7.38. The Labute approximate surface area is 126 Å². The predicted octanol–water partition coefficient (Wildman–Crippen LogP) is 0.950. The number of nitrogens with zero attached hydrogens (tertiary/aromatic N) is 4. The SMILES string of the molecule is CN1CCC(CN(C)Cc2cccnc2C(N)=NO)CC1. The van der Waals surface area contributed by atoms with E-state index in [9.17, 15) is 0 Å². The monoisotopic (exact) mass is 291 g/mol. The minimum absolute atomic E-state index is 0.0679. The summed E-state index contributed by atoms with van der Waals surface area (Å²) in [6.45, 7) is 4.19. The summed E-state index contributed by atoms with van der Waals surface area (Å²) in [6, 6.07) is 3.86. The van der Waals surface area contributed by atoms with Crippen molar-refractivity contribution in [3.8, 4) is 0 Å². The number of oxime groups is 1. The number of hydrogen-bond donors (Lipinski definition) is 2. The van der Waals surface area contributed by atoms with Crippen LogP contribution in [0, 0.1) is 5.92 Å². The maximum atomic E-state index is 8.84. The van der Waals surface area contributed by atoms with Gasteiger partial charge in [0, 0.05) is 19.3 Å². The van der Waals surface area contributed by atoms with Crippen LogP contribution in [0.3, 0.4) is 0 Å². The third-order valence-electron chi connectivity index (χ3n) is 4.09. The Morgan fingerprint density at radius 1 is 1.52 bits per heavy atom. The molecule has 0 aromatic carbocycles. The lowest BCUT2D eigenvalue weighted by Crippen LogP contribution is -2.35. The summed E-state index contributed by atoms with van der Waals surface area (Å²) in [5.74, 6) is 0.813. The van der Waals surface area contributed by atoms with Crippen LogP contribution in [0.5, 0.6) is 0 Å². The van der Waals surface area contributed by atoms with Crippen molar-refractivity contribution in [2.75, 3.05) is 33.7 Å². The van der Waals surface area contributed by atoms with Crippen LogP contribution in [0.15, 0.2) is 23.5 Å². The highest BCUT2D eigenvalue weighted by Crippen LogP contribution is 2.18. The van der Waals surface area contributed by atoms with Crippen molar-refractivity contribution in [2.24, 2.45) is 16.8 Å². The molecule has 3 N–H and O–H groups in total. The molecule has 1 saturated heterocycles. The lowest BCUT2D eigenvalue weighted by molar-refractivity contribution is 0.173. The quantitative estimate of drug-likeness (QED) is 0.365. The summed E-state index contributed by atoms with van der Waals surface area (Å²) in [7, 11) is 4.29. The number of piperidine rings is 1. The zero-order valence-electron chi connectivity index (χ0n) is 12.9. The van der Waals surface area contributed by atoms with Crippen molar-refractivity contribution in [3.05, 3.63) is 29.6 Å². The molecule has 2 heterocycles. The van der Waals surface area contributed by atoms with E-state index in [1.54, 1.807) is 6.20 Å². The minimum atomic E-state index is 0.0679. The maximum absolute atomic E-state index is 8.84. The molecule has 1 aliphatic heterocycles. The summed E-state index contributed by atoms with van der Waals surface area (Å²) in [6.07, 6.45) is 4.16. The number of aromatic nitrogens is 1. The number of pyridine rings is 1. The van der Waals surface area contributed by atoms with E-state index in [2.05, 4.69) is 34.0 Å². The first-order valence-electron chi connectivity index (χ1n) is 7.39. The molecule has 1 aromatic rings. The van der Waals surface area contributed by atoms with Crippen molar-refractivity contribution >= 4 is 5.84 Å². The molecule has 0 unspecified atom stereocenters. The van der Waals surface area contributed by atoms with E-state index in [1.165, 1.54) is 25.9 Å². The first kappa shape index (κ1) is 15.7. The van der Waals surface area contributed by atoms with Crippen molar-refractivity contribution in [1.29, 1.82) is 0 Å². The minimum Gasteiger partial charge on any atom is -0.409 e. The van der Waals surface area contributed by atoms with Gasteiger partial charge in [0.25, 0.3) is 0 Å². The highest BCUT2D eigenvalue weighted by Gasteiger charge is 2.19. The Balaban J connectivity index is 1.95. The fraction of sp³-hybridized carbons (Fsp3) is 0.600. The number of amidine groups is 1. The molecular weight excluding hydrogens is 266 g/mol. The second-order valence-electron chi connectivity index (χ2n) is 5.94. The first-order valence-corrected chi connectivity index (χ1v) is 7.39. The molecule has 0 atom stereocenters. The van der Waals surface area contributed by atoms with Gasteiger partial charge in [-0.2, -0.15) is 0 Å². The molecule has 116 valence electrons. The predicted molar refractivity (Wildman–Crippen MR) is 83.3 cm³/mol. The third-order valence-corrected chi connectivity index (χ3v) is 4.09. The van der Waals surface area contributed by atoms with Crippen LogP contribution in [0.1, 0.15) is 24.1 Å². The zero-order valence-corrected chi connectivity index (χ0v) is 12.9. The smallest absolute Gasteiger partial charge is 0.189 e. The lowest BCUT2D eigenvalue weighted by Gasteiger charge is -2.31. The van der Waals surface area contributed by atoms with E-state index in [-0.39, 0.29) is 5.84 Å². The van der Waals surface area contributed by atoms with Crippen LogP contribution in [-0.4, -0.2) is 59.6 Å². The largest absolute Gasteiger partial charge is 0.409 e. The lowest BCUT2D eigenvalue weighted by atomic mass is 9.96. The van der Waals surface area contributed by atoms with Crippen molar-refractivity contribution < 1.29 is 5.21 Å². The van der Waals surface area contributed by atoms with E-state index in [0.29, 0.717) is 5.69 Å². The standard InChI is InChI=1S/C15H25N5O/c1-19-8-5-12(6-9-19)10-20(2)11-13-4-3-7-17-14(13)15(16)18-21/h3-4,7,12,21H,5-6,8-11H2,1-2H3,(H2,16,18). The van der Waals surface area contributed by atoms with E-state index >= 15 is 0 Å². The van der Waals surface area contributed by atoms with Crippen molar-refractivity contribution in [1.82, 2.24) is 14.8 Å². The molecule has 0 amide bonds. The van der Waals surface area contributed by atoms with Gasteiger partial charge in [-0.1, -0.05) is 11.2 Å². The summed E-state index contributed by atoms with van der Waals surface area (Å²) in [5.41, 5.74) is 7.24. The van der Waals surface area contributed by atoms with E-state index in [1.807, 2.05) is 12.1 Å². The topological polar surface area (TPSA) is 78.0 Å². The van der Waals surface area contributed by atoms with Gasteiger partial charge in [0.1, 0.15) is 5.69 Å². The number of rotatable bonds is 5. The second-order valence-corrected chi connectivity index (χ2v) is 5.94. The molecule has 2 rings (SSSR count). The van der Waals surface area contributed by atoms with Gasteiger partial charge < -0.3 is 20.7 Å². The van der Waals surface area contributed by atoms with Crippen LogP contribution < -0.4 is 5.73 Å². The Bertz CT molecular complexity index is 483. The number of hydrogen-bond acceptors (Lipinski definition) is 5. The molecule has 21 heavy (non-hydrogen) atoms. The average Bonchev–Trinajstić information content (AvgIpc) is 2.49. The molecule has 6 nitrogen and oxygen atoms in total. The van der Waals surface area contributed by atoms with Gasteiger partial charge in [-0.25, -0.2) is 0 Å². The van der Waals surface area contributed by atoms with Gasteiger partial charge >= 0.3 is 0 Å².